The Morgan fingerprint density at radius 3 is 2.52 bits per heavy atom. The highest BCUT2D eigenvalue weighted by atomic mass is 35.5. The molecule has 0 bridgehead atoms. The van der Waals surface area contributed by atoms with E-state index in [9.17, 15) is 9.59 Å². The van der Waals surface area contributed by atoms with Gasteiger partial charge in [0.25, 0.3) is 0 Å². The SMILES string of the molecule is O=C1CCCN1CCCC(=O)N1CCN(c2cc(Cl)ccc2Cl)CC1. The van der Waals surface area contributed by atoms with E-state index in [0.717, 1.165) is 38.2 Å². The predicted octanol–water partition coefficient (Wildman–Crippen LogP) is 3.04. The van der Waals surface area contributed by atoms with Gasteiger partial charge in [-0.3, -0.25) is 9.59 Å². The molecule has 0 aliphatic carbocycles. The van der Waals surface area contributed by atoms with E-state index in [1.165, 1.54) is 0 Å². The molecule has 136 valence electrons. The number of hydrogen-bond acceptors (Lipinski definition) is 3. The van der Waals surface area contributed by atoms with Crippen LogP contribution in [0.1, 0.15) is 25.7 Å². The summed E-state index contributed by atoms with van der Waals surface area (Å²) in [5, 5.41) is 1.34. The third-order valence-corrected chi connectivity index (χ3v) is 5.43. The number of likely N-dealkylation sites (tertiary alicyclic amines) is 1. The highest BCUT2D eigenvalue weighted by Crippen LogP contribution is 2.29. The van der Waals surface area contributed by atoms with E-state index < -0.39 is 0 Å². The zero-order valence-corrected chi connectivity index (χ0v) is 15.7. The summed E-state index contributed by atoms with van der Waals surface area (Å²) in [5.74, 6) is 0.392. The Kier molecular flexibility index (Phi) is 6.07. The fourth-order valence-electron chi connectivity index (χ4n) is 3.44. The highest BCUT2D eigenvalue weighted by Gasteiger charge is 2.23. The number of nitrogens with zero attached hydrogens (tertiary/aromatic N) is 3. The van der Waals surface area contributed by atoms with Gasteiger partial charge in [-0.25, -0.2) is 0 Å². The fraction of sp³-hybridized carbons (Fsp3) is 0.556. The molecule has 2 heterocycles. The van der Waals surface area contributed by atoms with Crippen molar-refractivity contribution in [1.82, 2.24) is 9.80 Å². The molecule has 0 spiro atoms. The van der Waals surface area contributed by atoms with Crippen molar-refractivity contribution < 1.29 is 9.59 Å². The minimum Gasteiger partial charge on any atom is -0.367 e. The lowest BCUT2D eigenvalue weighted by atomic mass is 10.2. The lowest BCUT2D eigenvalue weighted by molar-refractivity contribution is -0.132. The van der Waals surface area contributed by atoms with E-state index in [4.69, 9.17) is 23.2 Å². The molecule has 0 radical (unpaired) electrons. The molecule has 2 amide bonds. The monoisotopic (exact) mass is 383 g/mol. The second kappa shape index (κ2) is 8.28. The van der Waals surface area contributed by atoms with E-state index >= 15 is 0 Å². The maximum Gasteiger partial charge on any atom is 0.222 e. The largest absolute Gasteiger partial charge is 0.367 e. The van der Waals surface area contributed by atoms with Crippen LogP contribution in [0.15, 0.2) is 18.2 Å². The van der Waals surface area contributed by atoms with E-state index in [0.29, 0.717) is 42.5 Å². The van der Waals surface area contributed by atoms with Crippen LogP contribution in [0, 0.1) is 0 Å². The summed E-state index contributed by atoms with van der Waals surface area (Å²) in [4.78, 5) is 29.9. The topological polar surface area (TPSA) is 43.9 Å². The van der Waals surface area contributed by atoms with E-state index in [2.05, 4.69) is 4.90 Å². The Morgan fingerprint density at radius 1 is 1.08 bits per heavy atom. The van der Waals surface area contributed by atoms with Gasteiger partial charge in [-0.1, -0.05) is 23.2 Å². The van der Waals surface area contributed by atoms with Gasteiger partial charge in [0.1, 0.15) is 0 Å². The average molecular weight is 384 g/mol. The molecule has 2 saturated heterocycles. The van der Waals surface area contributed by atoms with Crippen molar-refractivity contribution in [1.29, 1.82) is 0 Å². The molecule has 0 saturated carbocycles. The van der Waals surface area contributed by atoms with Gasteiger partial charge in [-0.15, -0.1) is 0 Å². The quantitative estimate of drug-likeness (QED) is 0.784. The van der Waals surface area contributed by atoms with Crippen molar-refractivity contribution in [2.45, 2.75) is 25.7 Å². The van der Waals surface area contributed by atoms with E-state index in [1.54, 1.807) is 12.1 Å². The molecule has 5 nitrogen and oxygen atoms in total. The van der Waals surface area contributed by atoms with Crippen molar-refractivity contribution in [2.75, 3.05) is 44.2 Å². The van der Waals surface area contributed by atoms with Crippen molar-refractivity contribution in [2.24, 2.45) is 0 Å². The first kappa shape index (κ1) is 18.3. The summed E-state index contributed by atoms with van der Waals surface area (Å²) >= 11 is 12.3. The molecule has 2 aliphatic rings. The van der Waals surface area contributed by atoms with Crippen molar-refractivity contribution in [3.8, 4) is 0 Å². The second-order valence-electron chi connectivity index (χ2n) is 6.55. The summed E-state index contributed by atoms with van der Waals surface area (Å²) in [6, 6.07) is 5.45. The molecule has 1 aromatic carbocycles. The number of rotatable bonds is 5. The molecule has 1 aromatic rings. The van der Waals surface area contributed by atoms with Crippen LogP contribution in [0.5, 0.6) is 0 Å². The Bertz CT molecular complexity index is 645. The summed E-state index contributed by atoms with van der Waals surface area (Å²) in [6.45, 7) is 4.40. The summed E-state index contributed by atoms with van der Waals surface area (Å²) < 4.78 is 0. The van der Waals surface area contributed by atoms with Gasteiger partial charge in [0.15, 0.2) is 0 Å². The van der Waals surface area contributed by atoms with Gasteiger partial charge in [-0.05, 0) is 31.0 Å². The number of piperazine rings is 1. The summed E-state index contributed by atoms with van der Waals surface area (Å²) in [6.07, 6.45) is 2.84. The van der Waals surface area contributed by atoms with Gasteiger partial charge in [0.2, 0.25) is 11.8 Å². The van der Waals surface area contributed by atoms with E-state index in [1.807, 2.05) is 15.9 Å². The van der Waals surface area contributed by atoms with Crippen LogP contribution in [0.2, 0.25) is 10.0 Å². The lowest BCUT2D eigenvalue weighted by Crippen LogP contribution is -2.49. The van der Waals surface area contributed by atoms with Crippen molar-refractivity contribution >= 4 is 40.7 Å². The van der Waals surface area contributed by atoms with Gasteiger partial charge >= 0.3 is 0 Å². The third-order valence-electron chi connectivity index (χ3n) is 4.87. The minimum atomic E-state index is 0.170. The molecule has 2 fully saturated rings. The molecule has 3 rings (SSSR count). The zero-order chi connectivity index (χ0) is 17.8. The van der Waals surface area contributed by atoms with Gasteiger partial charge in [-0.2, -0.15) is 0 Å². The second-order valence-corrected chi connectivity index (χ2v) is 7.40. The number of amides is 2. The molecule has 25 heavy (non-hydrogen) atoms. The van der Waals surface area contributed by atoms with Gasteiger partial charge < -0.3 is 14.7 Å². The maximum atomic E-state index is 12.4. The van der Waals surface area contributed by atoms with Crippen LogP contribution in [-0.4, -0.2) is 60.9 Å². The zero-order valence-electron chi connectivity index (χ0n) is 14.2. The number of anilines is 1. The molecule has 0 N–H and O–H groups in total. The number of carbonyl (C=O) groups excluding carboxylic acids is 2. The summed E-state index contributed by atoms with van der Waals surface area (Å²) in [7, 11) is 0. The van der Waals surface area contributed by atoms with Crippen LogP contribution >= 0.6 is 23.2 Å². The normalized spacial score (nSPS) is 18.2. The minimum absolute atomic E-state index is 0.170. The van der Waals surface area contributed by atoms with Crippen molar-refractivity contribution in [3.63, 3.8) is 0 Å². The standard InChI is InChI=1S/C18H23Cl2N3O2/c19-14-5-6-15(20)16(13-14)21-9-11-23(12-10-21)18(25)4-2-8-22-7-1-3-17(22)24/h5-6,13H,1-4,7-12H2. The fourth-order valence-corrected chi connectivity index (χ4v) is 3.85. The molecule has 7 heteroatoms. The van der Waals surface area contributed by atoms with Crippen LogP contribution in [-0.2, 0) is 9.59 Å². The van der Waals surface area contributed by atoms with Crippen LogP contribution in [0.3, 0.4) is 0 Å². The molecular weight excluding hydrogens is 361 g/mol. The Labute approximate surface area is 158 Å². The first-order valence-electron chi connectivity index (χ1n) is 8.80. The molecule has 0 unspecified atom stereocenters. The number of hydrogen-bond donors (Lipinski definition) is 0. The van der Waals surface area contributed by atoms with Crippen molar-refractivity contribution in [3.05, 3.63) is 28.2 Å². The Hall–Kier alpha value is -1.46. The smallest absolute Gasteiger partial charge is 0.222 e. The molecule has 0 atom stereocenters. The molecule has 2 aliphatic heterocycles. The molecule has 0 aromatic heterocycles. The first-order valence-corrected chi connectivity index (χ1v) is 9.56. The van der Waals surface area contributed by atoms with Crippen LogP contribution < -0.4 is 4.90 Å². The van der Waals surface area contributed by atoms with E-state index in [-0.39, 0.29) is 11.8 Å². The average Bonchev–Trinajstić information content (AvgIpc) is 3.02. The maximum absolute atomic E-state index is 12.4. The first-order chi connectivity index (χ1) is 12.0. The Balaban J connectivity index is 1.44. The van der Waals surface area contributed by atoms with Crippen LogP contribution in [0.4, 0.5) is 5.69 Å². The van der Waals surface area contributed by atoms with Crippen LogP contribution in [0.25, 0.3) is 0 Å². The predicted molar refractivity (Wildman–Crippen MR) is 100 cm³/mol. The highest BCUT2D eigenvalue weighted by molar-refractivity contribution is 6.35. The number of halogens is 2. The number of benzene rings is 1. The summed E-state index contributed by atoms with van der Waals surface area (Å²) in [5.41, 5.74) is 0.925. The van der Waals surface area contributed by atoms with Gasteiger partial charge in [0.05, 0.1) is 10.7 Å². The number of carbonyl (C=O) groups is 2. The van der Waals surface area contributed by atoms with Gasteiger partial charge in [0, 0.05) is 57.1 Å². The molecular formula is C18H23Cl2N3O2. The lowest BCUT2D eigenvalue weighted by Gasteiger charge is -2.36. The Morgan fingerprint density at radius 2 is 1.84 bits per heavy atom. The third kappa shape index (κ3) is 4.59.